The maximum atomic E-state index is 11.1. The smallest absolute Gasteiger partial charge is 0.321 e. The summed E-state index contributed by atoms with van der Waals surface area (Å²) in [5.74, 6) is 0. The van der Waals surface area contributed by atoms with Gasteiger partial charge < -0.3 is 9.79 Å². The zero-order chi connectivity index (χ0) is 10.8. The summed E-state index contributed by atoms with van der Waals surface area (Å²) in [5, 5.41) is 0.0931. The number of rotatable bonds is 2. The van der Waals surface area contributed by atoms with Crippen molar-refractivity contribution in [3.8, 4) is 0 Å². The maximum Gasteiger partial charge on any atom is 0.356 e. The first-order chi connectivity index (χ1) is 6.46. The maximum absolute atomic E-state index is 11.1. The van der Waals surface area contributed by atoms with Gasteiger partial charge in [-0.15, -0.1) is 0 Å². The van der Waals surface area contributed by atoms with Crippen LogP contribution in [0.4, 0.5) is 0 Å². The predicted octanol–water partition coefficient (Wildman–Crippen LogP) is 2.53. The quantitative estimate of drug-likeness (QED) is 0.740. The largest absolute Gasteiger partial charge is 0.356 e. The molecular weight excluding hydrogens is 199 g/mol. The molecule has 0 bridgehead atoms. The Kier molecular flexibility index (Phi) is 3.27. The first-order valence-corrected chi connectivity index (χ1v) is 5.86. The Labute approximate surface area is 83.3 Å². The van der Waals surface area contributed by atoms with E-state index in [0.717, 1.165) is 5.56 Å². The Morgan fingerprint density at radius 3 is 2.36 bits per heavy atom. The van der Waals surface area contributed by atoms with Crippen LogP contribution in [-0.2, 0) is 4.57 Å². The highest BCUT2D eigenvalue weighted by molar-refractivity contribution is 7.63. The van der Waals surface area contributed by atoms with Crippen molar-refractivity contribution in [3.63, 3.8) is 0 Å². The van der Waals surface area contributed by atoms with E-state index >= 15 is 0 Å². The molecule has 0 aliphatic heterocycles. The van der Waals surface area contributed by atoms with Gasteiger partial charge in [-0.2, -0.15) is 0 Å². The molecule has 1 aromatic carbocycles. The zero-order valence-electron chi connectivity index (χ0n) is 8.14. The molecule has 0 amide bonds. The second-order valence-electron chi connectivity index (χ2n) is 3.03. The van der Waals surface area contributed by atoms with Gasteiger partial charge in [-0.25, -0.2) is 0 Å². The van der Waals surface area contributed by atoms with Crippen LogP contribution in [0, 0.1) is 6.92 Å². The van der Waals surface area contributed by atoms with E-state index in [1.807, 2.05) is 19.1 Å². The molecule has 0 aromatic heterocycles. The second kappa shape index (κ2) is 4.09. The van der Waals surface area contributed by atoms with E-state index in [1.165, 1.54) is 6.08 Å². The van der Waals surface area contributed by atoms with Crippen LogP contribution in [0.2, 0.25) is 0 Å². The molecule has 0 aliphatic carbocycles. The van der Waals surface area contributed by atoms with Crippen LogP contribution in [0.1, 0.15) is 18.1 Å². The number of allylic oxidation sites excluding steroid dienone is 1. The standard InChI is InChI=1S/C10H13O3P/c1-3-10(14(11,12)13)9-7-5-4-6-8(9)2/h3-7H,1-2H3,(H2,11,12,13). The molecule has 0 spiro atoms. The van der Waals surface area contributed by atoms with Crippen LogP contribution in [0.3, 0.4) is 0 Å². The van der Waals surface area contributed by atoms with Crippen LogP contribution in [-0.4, -0.2) is 9.79 Å². The van der Waals surface area contributed by atoms with Gasteiger partial charge in [0.1, 0.15) is 0 Å². The molecule has 0 saturated carbocycles. The highest BCUT2D eigenvalue weighted by Crippen LogP contribution is 2.51. The Morgan fingerprint density at radius 1 is 1.36 bits per heavy atom. The van der Waals surface area contributed by atoms with Crippen molar-refractivity contribution in [3.05, 3.63) is 41.5 Å². The van der Waals surface area contributed by atoms with Crippen LogP contribution in [0.5, 0.6) is 0 Å². The van der Waals surface area contributed by atoms with E-state index in [2.05, 4.69) is 0 Å². The molecule has 0 saturated heterocycles. The van der Waals surface area contributed by atoms with E-state index in [-0.39, 0.29) is 5.31 Å². The van der Waals surface area contributed by atoms with Crippen molar-refractivity contribution in [1.82, 2.24) is 0 Å². The third-order valence-electron chi connectivity index (χ3n) is 2.01. The van der Waals surface area contributed by atoms with Crippen molar-refractivity contribution < 1.29 is 14.4 Å². The van der Waals surface area contributed by atoms with Gasteiger partial charge in [-0.1, -0.05) is 30.3 Å². The SMILES string of the molecule is CC=C(c1ccccc1C)P(=O)(O)O. The Balaban J connectivity index is 3.30. The second-order valence-corrected chi connectivity index (χ2v) is 4.60. The van der Waals surface area contributed by atoms with Crippen molar-refractivity contribution in [2.75, 3.05) is 0 Å². The minimum absolute atomic E-state index is 0.0931. The van der Waals surface area contributed by atoms with Gasteiger partial charge in [0.15, 0.2) is 0 Å². The predicted molar refractivity (Wildman–Crippen MR) is 56.9 cm³/mol. The summed E-state index contributed by atoms with van der Waals surface area (Å²) in [7, 11) is -4.16. The van der Waals surface area contributed by atoms with E-state index in [0.29, 0.717) is 5.56 Å². The number of benzene rings is 1. The average molecular weight is 212 g/mol. The summed E-state index contributed by atoms with van der Waals surface area (Å²) in [6.07, 6.45) is 1.46. The van der Waals surface area contributed by atoms with Crippen molar-refractivity contribution in [2.24, 2.45) is 0 Å². The van der Waals surface area contributed by atoms with Gasteiger partial charge in [-0.3, -0.25) is 4.57 Å². The van der Waals surface area contributed by atoms with Crippen LogP contribution < -0.4 is 0 Å². The van der Waals surface area contributed by atoms with Gasteiger partial charge in [0, 0.05) is 0 Å². The Hall–Kier alpha value is -0.890. The molecule has 4 heteroatoms. The fourth-order valence-corrected chi connectivity index (χ4v) is 2.24. The summed E-state index contributed by atoms with van der Waals surface area (Å²) in [6, 6.07) is 7.14. The third kappa shape index (κ3) is 2.32. The highest BCUT2D eigenvalue weighted by Gasteiger charge is 2.22. The Morgan fingerprint density at radius 2 is 1.93 bits per heavy atom. The summed E-state index contributed by atoms with van der Waals surface area (Å²) in [6.45, 7) is 3.45. The zero-order valence-corrected chi connectivity index (χ0v) is 9.03. The Bertz CT molecular complexity index is 404. The summed E-state index contributed by atoms with van der Waals surface area (Å²) in [5.41, 5.74) is 1.48. The lowest BCUT2D eigenvalue weighted by Gasteiger charge is -2.11. The lowest BCUT2D eigenvalue weighted by atomic mass is 10.1. The fourth-order valence-electron chi connectivity index (χ4n) is 1.34. The molecule has 0 heterocycles. The van der Waals surface area contributed by atoms with E-state index in [9.17, 15) is 4.57 Å². The van der Waals surface area contributed by atoms with E-state index < -0.39 is 7.60 Å². The van der Waals surface area contributed by atoms with Gasteiger partial charge >= 0.3 is 7.60 Å². The molecule has 0 unspecified atom stereocenters. The molecular formula is C10H13O3P. The first kappa shape index (κ1) is 11.2. The normalized spacial score (nSPS) is 13.0. The summed E-state index contributed by atoms with van der Waals surface area (Å²) < 4.78 is 11.1. The topological polar surface area (TPSA) is 57.5 Å². The minimum atomic E-state index is -4.16. The van der Waals surface area contributed by atoms with Crippen molar-refractivity contribution in [1.29, 1.82) is 0 Å². The minimum Gasteiger partial charge on any atom is -0.321 e. The molecule has 14 heavy (non-hydrogen) atoms. The molecule has 2 N–H and O–H groups in total. The number of hydrogen-bond acceptors (Lipinski definition) is 1. The van der Waals surface area contributed by atoms with Crippen LogP contribution >= 0.6 is 7.60 Å². The fraction of sp³-hybridized carbons (Fsp3) is 0.200. The third-order valence-corrected chi connectivity index (χ3v) is 3.14. The molecule has 0 radical (unpaired) electrons. The highest BCUT2D eigenvalue weighted by atomic mass is 31.2. The number of hydrogen-bond donors (Lipinski definition) is 2. The lowest BCUT2D eigenvalue weighted by molar-refractivity contribution is 0.388. The van der Waals surface area contributed by atoms with Gasteiger partial charge in [0.25, 0.3) is 0 Å². The van der Waals surface area contributed by atoms with E-state index in [4.69, 9.17) is 9.79 Å². The molecule has 0 atom stereocenters. The molecule has 0 fully saturated rings. The molecule has 0 aliphatic rings. The van der Waals surface area contributed by atoms with Gasteiger partial charge in [-0.05, 0) is 25.0 Å². The van der Waals surface area contributed by atoms with Gasteiger partial charge in [0.2, 0.25) is 0 Å². The molecule has 1 aromatic rings. The number of aryl methyl sites for hydroxylation is 1. The first-order valence-electron chi connectivity index (χ1n) is 4.25. The van der Waals surface area contributed by atoms with Crippen molar-refractivity contribution >= 4 is 12.9 Å². The summed E-state index contributed by atoms with van der Waals surface area (Å²) >= 11 is 0. The monoisotopic (exact) mass is 212 g/mol. The van der Waals surface area contributed by atoms with Crippen molar-refractivity contribution in [2.45, 2.75) is 13.8 Å². The van der Waals surface area contributed by atoms with Crippen LogP contribution in [0.15, 0.2) is 30.3 Å². The van der Waals surface area contributed by atoms with E-state index in [1.54, 1.807) is 19.1 Å². The molecule has 1 rings (SSSR count). The van der Waals surface area contributed by atoms with Gasteiger partial charge in [0.05, 0.1) is 5.31 Å². The molecule has 76 valence electrons. The van der Waals surface area contributed by atoms with Crippen LogP contribution in [0.25, 0.3) is 5.31 Å². The summed E-state index contributed by atoms with van der Waals surface area (Å²) in [4.78, 5) is 18.2. The molecule has 3 nitrogen and oxygen atoms in total. The average Bonchev–Trinajstić information content (AvgIpc) is 2.07. The lowest BCUT2D eigenvalue weighted by Crippen LogP contribution is -1.89.